The van der Waals surface area contributed by atoms with Crippen molar-refractivity contribution in [2.24, 2.45) is 5.92 Å². The molecule has 2 fully saturated rings. The first-order chi connectivity index (χ1) is 8.43. The van der Waals surface area contributed by atoms with E-state index in [0.29, 0.717) is 38.1 Å². The Morgan fingerprint density at radius 1 is 1.11 bits per heavy atom. The van der Waals surface area contributed by atoms with E-state index in [1.165, 1.54) is 0 Å². The Morgan fingerprint density at radius 2 is 1.72 bits per heavy atom. The Hall–Kier alpha value is -0.210. The van der Waals surface area contributed by atoms with Crippen LogP contribution in [0.25, 0.3) is 0 Å². The summed E-state index contributed by atoms with van der Waals surface area (Å²) in [6, 6.07) is 0.322. The molecule has 2 aliphatic rings. The third kappa shape index (κ3) is 2.70. The van der Waals surface area contributed by atoms with Gasteiger partial charge in [0.1, 0.15) is 0 Å². The predicted octanol–water partition coefficient (Wildman–Crippen LogP) is -0.982. The molecule has 6 nitrogen and oxygen atoms in total. The molecule has 18 heavy (non-hydrogen) atoms. The molecule has 0 spiro atoms. The van der Waals surface area contributed by atoms with Crippen LogP contribution in [0.2, 0.25) is 0 Å². The topological polar surface area (TPSA) is 55.9 Å². The van der Waals surface area contributed by atoms with Gasteiger partial charge in [-0.05, 0) is 20.0 Å². The molecule has 2 rings (SSSR count). The molecule has 0 aromatic rings. The monoisotopic (exact) mass is 276 g/mol. The molecule has 1 N–H and O–H groups in total. The molecule has 0 aromatic heterocycles. The molecule has 2 unspecified atom stereocenters. The van der Waals surface area contributed by atoms with Crippen LogP contribution in [0.1, 0.15) is 6.92 Å². The number of piperazine rings is 1. The highest BCUT2D eigenvalue weighted by atomic mass is 32.2. The number of nitrogens with one attached hydrogen (secondary N) is 1. The van der Waals surface area contributed by atoms with Crippen molar-refractivity contribution in [2.75, 3.05) is 53.4 Å². The Morgan fingerprint density at radius 3 is 2.22 bits per heavy atom. The summed E-state index contributed by atoms with van der Waals surface area (Å²) >= 11 is 0. The van der Waals surface area contributed by atoms with Crippen LogP contribution in [-0.2, 0) is 10.2 Å². The zero-order valence-corrected chi connectivity index (χ0v) is 12.3. The molecule has 7 heteroatoms. The second kappa shape index (κ2) is 5.42. The Bertz CT molecular complexity index is 379. The molecule has 2 atom stereocenters. The summed E-state index contributed by atoms with van der Waals surface area (Å²) in [4.78, 5) is 2.12. The van der Waals surface area contributed by atoms with E-state index in [9.17, 15) is 8.42 Å². The van der Waals surface area contributed by atoms with Crippen molar-refractivity contribution in [1.29, 1.82) is 0 Å². The minimum absolute atomic E-state index is 0.322. The maximum Gasteiger partial charge on any atom is 0.282 e. The van der Waals surface area contributed by atoms with Gasteiger partial charge in [-0.3, -0.25) is 0 Å². The predicted molar refractivity (Wildman–Crippen MR) is 71.6 cm³/mol. The first-order valence-corrected chi connectivity index (χ1v) is 7.95. The minimum atomic E-state index is -3.26. The van der Waals surface area contributed by atoms with Gasteiger partial charge < -0.3 is 10.2 Å². The van der Waals surface area contributed by atoms with Crippen LogP contribution in [0.5, 0.6) is 0 Å². The van der Waals surface area contributed by atoms with Crippen molar-refractivity contribution in [2.45, 2.75) is 13.0 Å². The molecule has 0 radical (unpaired) electrons. The van der Waals surface area contributed by atoms with Gasteiger partial charge in [0, 0.05) is 45.3 Å². The SMILES string of the molecule is CC1CN(S(=O)(=O)N2CCNCC2)CC1N(C)C. The number of hydrogen-bond donors (Lipinski definition) is 1. The van der Waals surface area contributed by atoms with E-state index in [4.69, 9.17) is 0 Å². The molecule has 0 aliphatic carbocycles. The zero-order chi connectivity index (χ0) is 13.3. The summed E-state index contributed by atoms with van der Waals surface area (Å²) in [5, 5.41) is 3.18. The fraction of sp³-hybridized carbons (Fsp3) is 1.00. The lowest BCUT2D eigenvalue weighted by Gasteiger charge is -2.30. The highest BCUT2D eigenvalue weighted by Gasteiger charge is 2.40. The maximum atomic E-state index is 12.5. The molecule has 2 saturated heterocycles. The third-order valence-corrected chi connectivity index (χ3v) is 5.90. The summed E-state index contributed by atoms with van der Waals surface area (Å²) in [6.45, 7) is 6.03. The second-order valence-electron chi connectivity index (χ2n) is 5.48. The summed E-state index contributed by atoms with van der Waals surface area (Å²) in [6.07, 6.45) is 0. The summed E-state index contributed by atoms with van der Waals surface area (Å²) < 4.78 is 28.3. The summed E-state index contributed by atoms with van der Waals surface area (Å²) in [7, 11) is 0.771. The van der Waals surface area contributed by atoms with E-state index >= 15 is 0 Å². The second-order valence-corrected chi connectivity index (χ2v) is 7.41. The highest BCUT2D eigenvalue weighted by molar-refractivity contribution is 7.86. The fourth-order valence-corrected chi connectivity index (χ4v) is 4.54. The lowest BCUT2D eigenvalue weighted by Crippen LogP contribution is -2.51. The van der Waals surface area contributed by atoms with Crippen molar-refractivity contribution < 1.29 is 8.42 Å². The van der Waals surface area contributed by atoms with Crippen molar-refractivity contribution in [3.05, 3.63) is 0 Å². The summed E-state index contributed by atoms with van der Waals surface area (Å²) in [5.74, 6) is 0.387. The van der Waals surface area contributed by atoms with Gasteiger partial charge in [0.25, 0.3) is 10.2 Å². The smallest absolute Gasteiger partial charge is 0.282 e. The van der Waals surface area contributed by atoms with Gasteiger partial charge in [-0.15, -0.1) is 0 Å². The van der Waals surface area contributed by atoms with Gasteiger partial charge >= 0.3 is 0 Å². The van der Waals surface area contributed by atoms with E-state index in [1.54, 1.807) is 8.61 Å². The Labute approximate surface area is 110 Å². The van der Waals surface area contributed by atoms with E-state index in [1.807, 2.05) is 14.1 Å². The molecular weight excluding hydrogens is 252 g/mol. The average Bonchev–Trinajstić information content (AvgIpc) is 2.73. The maximum absolute atomic E-state index is 12.5. The summed E-state index contributed by atoms with van der Waals surface area (Å²) in [5.41, 5.74) is 0. The Kier molecular flexibility index (Phi) is 4.28. The van der Waals surface area contributed by atoms with Crippen molar-refractivity contribution in [1.82, 2.24) is 18.8 Å². The van der Waals surface area contributed by atoms with Crippen LogP contribution >= 0.6 is 0 Å². The fourth-order valence-electron chi connectivity index (χ4n) is 2.80. The Balaban J connectivity index is 2.07. The quantitative estimate of drug-likeness (QED) is 0.720. The van der Waals surface area contributed by atoms with Crippen molar-refractivity contribution in [3.8, 4) is 0 Å². The normalized spacial score (nSPS) is 32.2. The minimum Gasteiger partial charge on any atom is -0.314 e. The third-order valence-electron chi connectivity index (χ3n) is 3.93. The number of rotatable bonds is 3. The standard InChI is InChI=1S/C11H24N4O2S/c1-10-8-15(9-11(10)13(2)3)18(16,17)14-6-4-12-5-7-14/h10-12H,4-9H2,1-3H3. The first kappa shape index (κ1) is 14.2. The molecule has 0 saturated carbocycles. The van der Waals surface area contributed by atoms with Crippen LogP contribution in [-0.4, -0.2) is 81.3 Å². The number of likely N-dealkylation sites (N-methyl/N-ethyl adjacent to an activating group) is 1. The van der Waals surface area contributed by atoms with Gasteiger partial charge in [-0.1, -0.05) is 6.92 Å². The van der Waals surface area contributed by atoms with E-state index in [-0.39, 0.29) is 0 Å². The van der Waals surface area contributed by atoms with Crippen LogP contribution in [0, 0.1) is 5.92 Å². The molecule has 0 aromatic carbocycles. The lowest BCUT2D eigenvalue weighted by atomic mass is 10.1. The van der Waals surface area contributed by atoms with Gasteiger partial charge in [0.2, 0.25) is 0 Å². The van der Waals surface area contributed by atoms with Crippen molar-refractivity contribution >= 4 is 10.2 Å². The molecule has 2 heterocycles. The zero-order valence-electron chi connectivity index (χ0n) is 11.5. The number of hydrogen-bond acceptors (Lipinski definition) is 4. The molecule has 0 bridgehead atoms. The molecule has 0 amide bonds. The average molecular weight is 276 g/mol. The molecule has 2 aliphatic heterocycles. The molecule has 106 valence electrons. The van der Waals surface area contributed by atoms with E-state index in [2.05, 4.69) is 17.1 Å². The van der Waals surface area contributed by atoms with Gasteiger partial charge in [-0.2, -0.15) is 17.0 Å². The van der Waals surface area contributed by atoms with Crippen LogP contribution in [0.15, 0.2) is 0 Å². The highest BCUT2D eigenvalue weighted by Crippen LogP contribution is 2.24. The lowest BCUT2D eigenvalue weighted by molar-refractivity contribution is 0.261. The van der Waals surface area contributed by atoms with Crippen LogP contribution in [0.4, 0.5) is 0 Å². The van der Waals surface area contributed by atoms with E-state index in [0.717, 1.165) is 13.1 Å². The van der Waals surface area contributed by atoms with Gasteiger partial charge in [-0.25, -0.2) is 0 Å². The van der Waals surface area contributed by atoms with Gasteiger partial charge in [0.05, 0.1) is 0 Å². The largest absolute Gasteiger partial charge is 0.314 e. The number of nitrogens with zero attached hydrogens (tertiary/aromatic N) is 3. The molecular formula is C11H24N4O2S. The van der Waals surface area contributed by atoms with Crippen molar-refractivity contribution in [3.63, 3.8) is 0 Å². The van der Waals surface area contributed by atoms with Crippen LogP contribution < -0.4 is 5.32 Å². The van der Waals surface area contributed by atoms with Gasteiger partial charge in [0.15, 0.2) is 0 Å². The van der Waals surface area contributed by atoms with E-state index < -0.39 is 10.2 Å². The first-order valence-electron chi connectivity index (χ1n) is 6.55. The van der Waals surface area contributed by atoms with Crippen LogP contribution in [0.3, 0.4) is 0 Å².